The lowest BCUT2D eigenvalue weighted by Gasteiger charge is -2.25. The second-order valence-corrected chi connectivity index (χ2v) is 6.31. The van der Waals surface area contributed by atoms with Gasteiger partial charge in [-0.1, -0.05) is 6.07 Å². The molecule has 0 spiro atoms. The summed E-state index contributed by atoms with van der Waals surface area (Å²) in [6.45, 7) is 1.61. The van der Waals surface area contributed by atoms with Crippen LogP contribution in [-0.4, -0.2) is 31.2 Å². The van der Waals surface area contributed by atoms with E-state index in [0.717, 1.165) is 34.7 Å². The lowest BCUT2D eigenvalue weighted by Crippen LogP contribution is -2.32. The smallest absolute Gasteiger partial charge is 0.231 e. The number of aromatic nitrogens is 1. The minimum atomic E-state index is -0.229. The van der Waals surface area contributed by atoms with Crippen LogP contribution >= 0.6 is 0 Å². The van der Waals surface area contributed by atoms with Crippen molar-refractivity contribution in [2.24, 2.45) is 5.92 Å². The average Bonchev–Trinajstić information content (AvgIpc) is 2.67. The number of rotatable bonds is 3. The fourth-order valence-corrected chi connectivity index (χ4v) is 3.20. The SMILES string of the molecule is COc1ccc2c(c1)OCC(C(=O)Nc1cnc3c(c1)COCC3)C2. The Morgan fingerprint density at radius 3 is 3.12 bits per heavy atom. The molecule has 0 saturated carbocycles. The molecule has 0 bridgehead atoms. The summed E-state index contributed by atoms with van der Waals surface area (Å²) in [4.78, 5) is 17.0. The van der Waals surface area contributed by atoms with Crippen molar-refractivity contribution in [3.63, 3.8) is 0 Å². The Kier molecular flexibility index (Phi) is 4.28. The van der Waals surface area contributed by atoms with Crippen LogP contribution in [0.2, 0.25) is 0 Å². The molecule has 1 N–H and O–H groups in total. The first kappa shape index (κ1) is 15.9. The van der Waals surface area contributed by atoms with E-state index in [9.17, 15) is 4.79 Å². The standard InChI is InChI=1S/C19H20N2O4/c1-23-16-3-2-12-6-14(11-25-18(12)8-16)19(22)21-15-7-13-10-24-5-4-17(13)20-9-15/h2-3,7-9,14H,4-6,10-11H2,1H3,(H,21,22). The van der Waals surface area contributed by atoms with E-state index in [4.69, 9.17) is 14.2 Å². The topological polar surface area (TPSA) is 69.7 Å². The first-order valence-corrected chi connectivity index (χ1v) is 8.39. The summed E-state index contributed by atoms with van der Waals surface area (Å²) in [5, 5.41) is 2.95. The van der Waals surface area contributed by atoms with Crippen LogP contribution in [0.5, 0.6) is 11.5 Å². The normalized spacial score (nSPS) is 18.5. The number of ether oxygens (including phenoxy) is 3. The van der Waals surface area contributed by atoms with E-state index in [0.29, 0.717) is 31.9 Å². The van der Waals surface area contributed by atoms with Crippen molar-refractivity contribution in [2.75, 3.05) is 25.6 Å². The number of hydrogen-bond donors (Lipinski definition) is 1. The lowest BCUT2D eigenvalue weighted by atomic mass is 9.95. The van der Waals surface area contributed by atoms with Gasteiger partial charge in [-0.3, -0.25) is 9.78 Å². The number of nitrogens with zero attached hydrogens (tertiary/aromatic N) is 1. The third kappa shape index (κ3) is 3.30. The van der Waals surface area contributed by atoms with Crippen LogP contribution in [0.15, 0.2) is 30.5 Å². The Labute approximate surface area is 146 Å². The molecule has 0 saturated heterocycles. The van der Waals surface area contributed by atoms with Gasteiger partial charge in [0.1, 0.15) is 18.1 Å². The molecule has 2 aliphatic rings. The molecule has 2 aliphatic heterocycles. The van der Waals surface area contributed by atoms with Gasteiger partial charge in [0.2, 0.25) is 5.91 Å². The summed E-state index contributed by atoms with van der Waals surface area (Å²) in [7, 11) is 1.62. The van der Waals surface area contributed by atoms with Crippen LogP contribution in [0.3, 0.4) is 0 Å². The van der Waals surface area contributed by atoms with Gasteiger partial charge in [0, 0.05) is 23.7 Å². The van der Waals surface area contributed by atoms with E-state index in [2.05, 4.69) is 10.3 Å². The summed E-state index contributed by atoms with van der Waals surface area (Å²) in [6, 6.07) is 7.64. The van der Waals surface area contributed by atoms with Crippen molar-refractivity contribution in [3.8, 4) is 11.5 Å². The highest BCUT2D eigenvalue weighted by Gasteiger charge is 2.26. The third-order valence-electron chi connectivity index (χ3n) is 4.62. The van der Waals surface area contributed by atoms with Gasteiger partial charge in [-0.15, -0.1) is 0 Å². The molecule has 3 heterocycles. The van der Waals surface area contributed by atoms with Gasteiger partial charge in [-0.2, -0.15) is 0 Å². The Hall–Kier alpha value is -2.60. The number of methoxy groups -OCH3 is 1. The number of pyridine rings is 1. The zero-order chi connectivity index (χ0) is 17.2. The van der Waals surface area contributed by atoms with Crippen LogP contribution in [-0.2, 0) is 29.0 Å². The molecule has 6 nitrogen and oxygen atoms in total. The molecular weight excluding hydrogens is 320 g/mol. The fourth-order valence-electron chi connectivity index (χ4n) is 3.20. The fraction of sp³-hybridized carbons (Fsp3) is 0.368. The van der Waals surface area contributed by atoms with Crippen molar-refractivity contribution in [1.82, 2.24) is 4.98 Å². The average molecular weight is 340 g/mol. The van der Waals surface area contributed by atoms with E-state index < -0.39 is 0 Å². The number of carbonyl (C=O) groups excluding carboxylic acids is 1. The van der Waals surface area contributed by atoms with E-state index >= 15 is 0 Å². The Bertz CT molecular complexity index is 806. The molecule has 0 fully saturated rings. The van der Waals surface area contributed by atoms with Crippen LogP contribution < -0.4 is 14.8 Å². The number of benzene rings is 1. The Morgan fingerprint density at radius 2 is 2.24 bits per heavy atom. The van der Waals surface area contributed by atoms with Crippen LogP contribution in [0.25, 0.3) is 0 Å². The second kappa shape index (κ2) is 6.72. The lowest BCUT2D eigenvalue weighted by molar-refractivity contribution is -0.121. The number of hydrogen-bond acceptors (Lipinski definition) is 5. The highest BCUT2D eigenvalue weighted by atomic mass is 16.5. The highest BCUT2D eigenvalue weighted by Crippen LogP contribution is 2.31. The quantitative estimate of drug-likeness (QED) is 0.929. The van der Waals surface area contributed by atoms with Crippen molar-refractivity contribution in [2.45, 2.75) is 19.4 Å². The predicted octanol–water partition coefficient (Wildman–Crippen LogP) is 2.35. The van der Waals surface area contributed by atoms with E-state index in [1.165, 1.54) is 0 Å². The van der Waals surface area contributed by atoms with E-state index in [1.807, 2.05) is 24.3 Å². The molecule has 0 aliphatic carbocycles. The highest BCUT2D eigenvalue weighted by molar-refractivity contribution is 5.93. The van der Waals surface area contributed by atoms with Gasteiger partial charge in [-0.05, 0) is 24.1 Å². The largest absolute Gasteiger partial charge is 0.497 e. The zero-order valence-corrected chi connectivity index (χ0v) is 14.1. The molecule has 1 atom stereocenters. The molecule has 0 radical (unpaired) electrons. The first-order chi connectivity index (χ1) is 12.2. The molecule has 6 heteroatoms. The molecular formula is C19H20N2O4. The Balaban J connectivity index is 1.45. The van der Waals surface area contributed by atoms with Crippen LogP contribution in [0.1, 0.15) is 16.8 Å². The number of nitrogens with one attached hydrogen (secondary N) is 1. The molecule has 1 aromatic carbocycles. The van der Waals surface area contributed by atoms with Gasteiger partial charge in [0.25, 0.3) is 0 Å². The summed E-state index contributed by atoms with van der Waals surface area (Å²) >= 11 is 0. The maximum absolute atomic E-state index is 12.6. The monoisotopic (exact) mass is 340 g/mol. The maximum atomic E-state index is 12.6. The predicted molar refractivity (Wildman–Crippen MR) is 91.9 cm³/mol. The third-order valence-corrected chi connectivity index (χ3v) is 4.62. The number of carbonyl (C=O) groups is 1. The van der Waals surface area contributed by atoms with E-state index in [1.54, 1.807) is 13.3 Å². The molecule has 1 amide bonds. The first-order valence-electron chi connectivity index (χ1n) is 8.39. The van der Waals surface area contributed by atoms with Gasteiger partial charge in [0.05, 0.1) is 38.1 Å². The van der Waals surface area contributed by atoms with Gasteiger partial charge in [-0.25, -0.2) is 0 Å². The summed E-state index contributed by atoms with van der Waals surface area (Å²) in [6.07, 6.45) is 3.18. The van der Waals surface area contributed by atoms with Crippen molar-refractivity contribution < 1.29 is 19.0 Å². The molecule has 1 unspecified atom stereocenters. The second-order valence-electron chi connectivity index (χ2n) is 6.31. The van der Waals surface area contributed by atoms with Gasteiger partial charge < -0.3 is 19.5 Å². The number of anilines is 1. The number of fused-ring (bicyclic) bond motifs is 2. The summed E-state index contributed by atoms with van der Waals surface area (Å²) < 4.78 is 16.4. The Morgan fingerprint density at radius 1 is 1.32 bits per heavy atom. The van der Waals surface area contributed by atoms with Crippen molar-refractivity contribution >= 4 is 11.6 Å². The molecule has 4 rings (SSSR count). The number of amides is 1. The van der Waals surface area contributed by atoms with Crippen LogP contribution in [0, 0.1) is 5.92 Å². The van der Waals surface area contributed by atoms with Crippen molar-refractivity contribution in [1.29, 1.82) is 0 Å². The molecule has 2 aromatic rings. The van der Waals surface area contributed by atoms with Gasteiger partial charge in [0.15, 0.2) is 0 Å². The van der Waals surface area contributed by atoms with Gasteiger partial charge >= 0.3 is 0 Å². The summed E-state index contributed by atoms with van der Waals surface area (Å²) in [5.74, 6) is 1.26. The molecule has 130 valence electrons. The molecule has 1 aromatic heterocycles. The zero-order valence-electron chi connectivity index (χ0n) is 14.1. The molecule has 25 heavy (non-hydrogen) atoms. The summed E-state index contributed by atoms with van der Waals surface area (Å²) in [5.41, 5.74) is 3.81. The van der Waals surface area contributed by atoms with Crippen molar-refractivity contribution in [3.05, 3.63) is 47.3 Å². The van der Waals surface area contributed by atoms with E-state index in [-0.39, 0.29) is 11.8 Å². The minimum Gasteiger partial charge on any atom is -0.497 e. The maximum Gasteiger partial charge on any atom is 0.231 e. The van der Waals surface area contributed by atoms with Crippen LogP contribution in [0.4, 0.5) is 5.69 Å². The minimum absolute atomic E-state index is 0.0556.